The van der Waals surface area contributed by atoms with Gasteiger partial charge in [0.25, 0.3) is 5.91 Å². The van der Waals surface area contributed by atoms with Crippen LogP contribution in [0.25, 0.3) is 0 Å². The van der Waals surface area contributed by atoms with E-state index in [1.165, 1.54) is 0 Å². The second-order valence-electron chi connectivity index (χ2n) is 3.58. The fraction of sp³-hybridized carbons (Fsp3) is 0.417. The lowest BCUT2D eigenvalue weighted by molar-refractivity contribution is 0.0939. The van der Waals surface area contributed by atoms with Gasteiger partial charge in [-0.25, -0.2) is 0 Å². The number of nitrogens with one attached hydrogen (secondary N) is 1. The molecule has 0 aliphatic rings. The zero-order valence-electron chi connectivity index (χ0n) is 9.80. The third-order valence-electron chi connectivity index (χ3n) is 2.43. The summed E-state index contributed by atoms with van der Waals surface area (Å²) in [5.41, 5.74) is 0.584. The minimum absolute atomic E-state index is 0.00467. The first-order chi connectivity index (χ1) is 8.12. The number of alkyl halides is 1. The quantitative estimate of drug-likeness (QED) is 0.846. The molecule has 1 unspecified atom stereocenters. The van der Waals surface area contributed by atoms with E-state index in [-0.39, 0.29) is 11.9 Å². The van der Waals surface area contributed by atoms with Crippen molar-refractivity contribution in [1.82, 2.24) is 5.32 Å². The molecule has 0 saturated carbocycles. The molecule has 1 rings (SSSR count). The van der Waals surface area contributed by atoms with Crippen LogP contribution in [-0.4, -0.2) is 24.9 Å². The first-order valence-corrected chi connectivity index (χ1v) is 6.65. The molecule has 0 aliphatic heterocycles. The molecule has 0 heterocycles. The van der Waals surface area contributed by atoms with Crippen LogP contribution in [0.15, 0.2) is 22.7 Å². The van der Waals surface area contributed by atoms with Crippen LogP contribution in [0, 0.1) is 0 Å². The maximum atomic E-state index is 11.9. The van der Waals surface area contributed by atoms with Gasteiger partial charge in [0.1, 0.15) is 5.75 Å². The standard InChI is InChI=1S/C12H15BrClNO2/c1-3-9(7-14)15-12(16)8-4-5-11(17-2)10(13)6-8/h4-6,9H,3,7H2,1-2H3,(H,15,16). The number of amides is 1. The van der Waals surface area contributed by atoms with Gasteiger partial charge in [-0.15, -0.1) is 11.6 Å². The molecule has 94 valence electrons. The second kappa shape index (κ2) is 6.87. The largest absolute Gasteiger partial charge is 0.496 e. The van der Waals surface area contributed by atoms with E-state index in [1.54, 1.807) is 25.3 Å². The summed E-state index contributed by atoms with van der Waals surface area (Å²) in [5, 5.41) is 2.86. The van der Waals surface area contributed by atoms with Crippen molar-refractivity contribution in [1.29, 1.82) is 0 Å². The van der Waals surface area contributed by atoms with Crippen LogP contribution in [0.1, 0.15) is 23.7 Å². The van der Waals surface area contributed by atoms with Gasteiger partial charge in [-0.05, 0) is 40.5 Å². The third-order valence-corrected chi connectivity index (χ3v) is 3.42. The molecule has 5 heteroatoms. The van der Waals surface area contributed by atoms with Gasteiger partial charge in [0.15, 0.2) is 0 Å². The second-order valence-corrected chi connectivity index (χ2v) is 4.75. The molecule has 0 aromatic heterocycles. The van der Waals surface area contributed by atoms with Crippen molar-refractivity contribution in [3.8, 4) is 5.75 Å². The van der Waals surface area contributed by atoms with Crippen molar-refractivity contribution in [2.24, 2.45) is 0 Å². The summed E-state index contributed by atoms with van der Waals surface area (Å²) < 4.78 is 5.86. The van der Waals surface area contributed by atoms with Crippen LogP contribution in [0.5, 0.6) is 5.75 Å². The van der Waals surface area contributed by atoms with E-state index in [1.807, 2.05) is 6.92 Å². The molecule has 17 heavy (non-hydrogen) atoms. The molecule has 0 saturated heterocycles. The van der Waals surface area contributed by atoms with Crippen molar-refractivity contribution in [3.05, 3.63) is 28.2 Å². The summed E-state index contributed by atoms with van der Waals surface area (Å²) in [6, 6.07) is 5.21. The number of carbonyl (C=O) groups excluding carboxylic acids is 1. The van der Waals surface area contributed by atoms with Gasteiger partial charge in [0.05, 0.1) is 11.6 Å². The first kappa shape index (κ1) is 14.3. The average Bonchev–Trinajstić information content (AvgIpc) is 2.35. The average molecular weight is 321 g/mol. The maximum absolute atomic E-state index is 11.9. The number of halogens is 2. The number of rotatable bonds is 5. The van der Waals surface area contributed by atoms with Crippen LogP contribution < -0.4 is 10.1 Å². The van der Waals surface area contributed by atoms with Crippen LogP contribution in [0.4, 0.5) is 0 Å². The molecule has 0 fully saturated rings. The molecule has 1 N–H and O–H groups in total. The van der Waals surface area contributed by atoms with Crippen LogP contribution >= 0.6 is 27.5 Å². The van der Waals surface area contributed by atoms with Crippen LogP contribution in [0.2, 0.25) is 0 Å². The summed E-state index contributed by atoms with van der Waals surface area (Å²) >= 11 is 9.08. The van der Waals surface area contributed by atoms with Crippen molar-refractivity contribution in [2.45, 2.75) is 19.4 Å². The summed E-state index contributed by atoms with van der Waals surface area (Å²) in [5.74, 6) is 0.992. The van der Waals surface area contributed by atoms with E-state index in [4.69, 9.17) is 16.3 Å². The van der Waals surface area contributed by atoms with E-state index in [9.17, 15) is 4.79 Å². The van der Waals surface area contributed by atoms with Gasteiger partial charge < -0.3 is 10.1 Å². The van der Waals surface area contributed by atoms with E-state index in [2.05, 4.69) is 21.2 Å². The zero-order valence-corrected chi connectivity index (χ0v) is 12.1. The van der Waals surface area contributed by atoms with E-state index >= 15 is 0 Å². The van der Waals surface area contributed by atoms with Gasteiger partial charge in [-0.2, -0.15) is 0 Å². The van der Waals surface area contributed by atoms with Crippen molar-refractivity contribution in [3.63, 3.8) is 0 Å². The molecule has 3 nitrogen and oxygen atoms in total. The summed E-state index contributed by atoms with van der Waals surface area (Å²) in [7, 11) is 1.58. The smallest absolute Gasteiger partial charge is 0.251 e. The molecule has 0 spiro atoms. The van der Waals surface area contributed by atoms with Crippen LogP contribution in [0.3, 0.4) is 0 Å². The Balaban J connectivity index is 2.79. The summed E-state index contributed by atoms with van der Waals surface area (Å²) in [4.78, 5) is 11.9. The lowest BCUT2D eigenvalue weighted by Gasteiger charge is -2.14. The van der Waals surface area contributed by atoms with Crippen molar-refractivity contribution < 1.29 is 9.53 Å². The Morgan fingerprint density at radius 3 is 2.76 bits per heavy atom. The molecular formula is C12H15BrClNO2. The highest BCUT2D eigenvalue weighted by molar-refractivity contribution is 9.10. The number of hydrogen-bond acceptors (Lipinski definition) is 2. The Hall–Kier alpha value is -0.740. The van der Waals surface area contributed by atoms with Crippen molar-refractivity contribution >= 4 is 33.4 Å². The molecule has 0 radical (unpaired) electrons. The topological polar surface area (TPSA) is 38.3 Å². The lowest BCUT2D eigenvalue weighted by atomic mass is 10.2. The molecule has 1 atom stereocenters. The van der Waals surface area contributed by atoms with Crippen LogP contribution in [-0.2, 0) is 0 Å². The van der Waals surface area contributed by atoms with Gasteiger partial charge in [-0.1, -0.05) is 6.92 Å². The Labute approximate surface area is 115 Å². The number of carbonyl (C=O) groups is 1. The monoisotopic (exact) mass is 319 g/mol. The molecule has 1 aromatic carbocycles. The normalized spacial score (nSPS) is 12.0. The first-order valence-electron chi connectivity index (χ1n) is 5.32. The molecule has 1 amide bonds. The van der Waals surface area contributed by atoms with Crippen molar-refractivity contribution in [2.75, 3.05) is 13.0 Å². The molecular weight excluding hydrogens is 305 g/mol. The SMILES string of the molecule is CCC(CCl)NC(=O)c1ccc(OC)c(Br)c1. The zero-order chi connectivity index (χ0) is 12.8. The number of ether oxygens (including phenoxy) is 1. The van der Waals surface area contributed by atoms with Gasteiger partial charge in [0.2, 0.25) is 0 Å². The fourth-order valence-corrected chi connectivity index (χ4v) is 2.16. The minimum Gasteiger partial charge on any atom is -0.496 e. The number of methoxy groups -OCH3 is 1. The summed E-state index contributed by atoms with van der Waals surface area (Å²) in [6.45, 7) is 1.98. The predicted octanol–water partition coefficient (Wildman–Crippen LogP) is 3.20. The van der Waals surface area contributed by atoms with Gasteiger partial charge in [-0.3, -0.25) is 4.79 Å². The minimum atomic E-state index is -0.124. The highest BCUT2D eigenvalue weighted by atomic mass is 79.9. The Kier molecular flexibility index (Phi) is 5.78. The summed E-state index contributed by atoms with van der Waals surface area (Å²) in [6.07, 6.45) is 0.812. The van der Waals surface area contributed by atoms with E-state index in [0.29, 0.717) is 17.2 Å². The molecule has 0 bridgehead atoms. The molecule has 0 aliphatic carbocycles. The highest BCUT2D eigenvalue weighted by Crippen LogP contribution is 2.25. The highest BCUT2D eigenvalue weighted by Gasteiger charge is 2.12. The Morgan fingerprint density at radius 2 is 2.29 bits per heavy atom. The predicted molar refractivity (Wildman–Crippen MR) is 73.0 cm³/mol. The number of benzene rings is 1. The fourth-order valence-electron chi connectivity index (χ4n) is 1.33. The van der Waals surface area contributed by atoms with E-state index in [0.717, 1.165) is 10.9 Å². The third kappa shape index (κ3) is 3.89. The Bertz CT molecular complexity index is 394. The van der Waals surface area contributed by atoms with E-state index < -0.39 is 0 Å². The van der Waals surface area contributed by atoms with Gasteiger partial charge >= 0.3 is 0 Å². The number of hydrogen-bond donors (Lipinski definition) is 1. The Morgan fingerprint density at radius 1 is 1.59 bits per heavy atom. The maximum Gasteiger partial charge on any atom is 0.251 e. The lowest BCUT2D eigenvalue weighted by Crippen LogP contribution is -2.35. The van der Waals surface area contributed by atoms with Gasteiger partial charge in [0, 0.05) is 17.5 Å². The molecule has 1 aromatic rings.